The maximum atomic E-state index is 14.0. The summed E-state index contributed by atoms with van der Waals surface area (Å²) in [5, 5.41) is 4.82. The van der Waals surface area contributed by atoms with Gasteiger partial charge in [-0.25, -0.2) is 26.7 Å². The molecule has 0 spiro atoms. The zero-order valence-corrected chi connectivity index (χ0v) is 14.8. The van der Waals surface area contributed by atoms with Gasteiger partial charge < -0.3 is 0 Å². The van der Waals surface area contributed by atoms with Crippen molar-refractivity contribution in [2.75, 3.05) is 0 Å². The first-order valence-electron chi connectivity index (χ1n) is 7.38. The summed E-state index contributed by atoms with van der Waals surface area (Å²) in [6.45, 7) is 0. The van der Waals surface area contributed by atoms with Gasteiger partial charge in [0.2, 0.25) is 10.0 Å². The van der Waals surface area contributed by atoms with Crippen molar-refractivity contribution in [2.24, 2.45) is 5.14 Å². The topological polar surface area (TPSA) is 60.2 Å². The fourth-order valence-corrected chi connectivity index (χ4v) is 3.74. The second kappa shape index (κ2) is 6.79. The van der Waals surface area contributed by atoms with Gasteiger partial charge in [0, 0.05) is 10.8 Å². The Hall–Kier alpha value is -2.29. The molecule has 0 radical (unpaired) electrons. The third-order valence-corrected chi connectivity index (χ3v) is 5.23. The van der Waals surface area contributed by atoms with E-state index in [9.17, 15) is 21.6 Å². The molecular weight excluding hydrogens is 383 g/mol. The normalized spacial score (nSPS) is 17.3. The molecule has 0 aromatic heterocycles. The van der Waals surface area contributed by atoms with Gasteiger partial charge in [-0.15, -0.1) is 0 Å². The van der Waals surface area contributed by atoms with E-state index in [4.69, 9.17) is 17.4 Å². The lowest BCUT2D eigenvalue weighted by Gasteiger charge is -2.18. The number of thiocarbonyl (C=S) groups is 1. The van der Waals surface area contributed by atoms with E-state index < -0.39 is 32.4 Å². The van der Waals surface area contributed by atoms with Gasteiger partial charge in [-0.1, -0.05) is 36.5 Å². The Labute approximate surface area is 153 Å². The third kappa shape index (κ3) is 3.62. The molecule has 26 heavy (non-hydrogen) atoms. The first-order valence-corrected chi connectivity index (χ1v) is 9.33. The number of hydrogen-bond acceptors (Lipinski definition) is 3. The number of hydrogen-bond donors (Lipinski definition) is 1. The predicted molar refractivity (Wildman–Crippen MR) is 96.6 cm³/mol. The lowest BCUT2D eigenvalue weighted by molar-refractivity contribution is 0.519. The van der Waals surface area contributed by atoms with Crippen molar-refractivity contribution < 1.29 is 21.6 Å². The minimum absolute atomic E-state index is 0.115. The Bertz CT molecular complexity index is 1050. The van der Waals surface area contributed by atoms with Crippen molar-refractivity contribution in [3.05, 3.63) is 83.2 Å². The summed E-state index contributed by atoms with van der Waals surface area (Å²) in [5.74, 6) is -3.30. The van der Waals surface area contributed by atoms with Crippen molar-refractivity contribution in [1.29, 1.82) is 0 Å². The lowest BCUT2D eigenvalue weighted by Crippen LogP contribution is -2.16. The van der Waals surface area contributed by atoms with Gasteiger partial charge in [0.05, 0.1) is 0 Å². The average molecular weight is 395 g/mol. The maximum Gasteiger partial charge on any atom is 0.243 e. The smallest absolute Gasteiger partial charge is 0.224 e. The van der Waals surface area contributed by atoms with Gasteiger partial charge in [-0.05, 0) is 47.0 Å². The molecule has 1 atom stereocenters. The molecule has 0 aliphatic heterocycles. The van der Waals surface area contributed by atoms with Gasteiger partial charge in [-0.3, -0.25) is 0 Å². The van der Waals surface area contributed by atoms with Crippen LogP contribution in [0.2, 0.25) is 0 Å². The number of benzene rings is 2. The molecule has 0 bridgehead atoms. The van der Waals surface area contributed by atoms with E-state index in [1.54, 1.807) is 24.3 Å². The summed E-state index contributed by atoms with van der Waals surface area (Å²) < 4.78 is 63.9. The number of allylic oxidation sites excluding steroid dienone is 4. The molecule has 2 aromatic rings. The highest BCUT2D eigenvalue weighted by Crippen LogP contribution is 2.31. The largest absolute Gasteiger partial charge is 0.243 e. The highest BCUT2D eigenvalue weighted by Gasteiger charge is 2.23. The first-order chi connectivity index (χ1) is 12.2. The number of rotatable bonds is 3. The molecule has 2 N–H and O–H groups in total. The van der Waals surface area contributed by atoms with Crippen molar-refractivity contribution in [3.8, 4) is 0 Å². The van der Waals surface area contributed by atoms with E-state index >= 15 is 0 Å². The fraction of sp³-hybridized carbons (Fsp3) is 0.0556. The zero-order valence-electron chi connectivity index (χ0n) is 13.1. The summed E-state index contributed by atoms with van der Waals surface area (Å²) in [5.41, 5.74) is 1.17. The van der Waals surface area contributed by atoms with Crippen LogP contribution < -0.4 is 5.14 Å². The molecule has 0 heterocycles. The van der Waals surface area contributed by atoms with Crippen LogP contribution in [-0.2, 0) is 10.0 Å². The van der Waals surface area contributed by atoms with Crippen LogP contribution in [0.5, 0.6) is 0 Å². The molecule has 1 aliphatic rings. The van der Waals surface area contributed by atoms with Gasteiger partial charge in [0.1, 0.15) is 17.5 Å². The Morgan fingerprint density at radius 3 is 2.23 bits per heavy atom. The number of sulfonamides is 1. The Morgan fingerprint density at radius 1 is 1.04 bits per heavy atom. The van der Waals surface area contributed by atoms with Crippen LogP contribution in [-0.4, -0.2) is 13.3 Å². The van der Waals surface area contributed by atoms with Crippen LogP contribution in [0.3, 0.4) is 0 Å². The molecule has 0 fully saturated rings. The van der Waals surface area contributed by atoms with E-state index in [2.05, 4.69) is 0 Å². The SMILES string of the molecule is NS(=O)(=O)c1c(F)cc(C2=CC(=S)C(c3cccc(F)c3)C=C2)cc1F. The quantitative estimate of drug-likeness (QED) is 0.803. The van der Waals surface area contributed by atoms with Gasteiger partial charge in [-0.2, -0.15) is 0 Å². The molecule has 3 rings (SSSR count). The van der Waals surface area contributed by atoms with Gasteiger partial charge in [0.15, 0.2) is 4.90 Å². The highest BCUT2D eigenvalue weighted by molar-refractivity contribution is 7.89. The summed E-state index contributed by atoms with van der Waals surface area (Å²) in [4.78, 5) is -0.744. The van der Waals surface area contributed by atoms with E-state index in [1.165, 1.54) is 18.2 Å². The molecular formula is C18H12F3NO2S2. The molecule has 1 unspecified atom stereocenters. The van der Waals surface area contributed by atoms with Crippen molar-refractivity contribution >= 4 is 32.7 Å². The van der Waals surface area contributed by atoms with Gasteiger partial charge >= 0.3 is 0 Å². The number of halogens is 3. The third-order valence-electron chi connectivity index (χ3n) is 3.90. The molecule has 134 valence electrons. The van der Waals surface area contributed by atoms with Crippen LogP contribution in [0, 0.1) is 17.5 Å². The van der Waals surface area contributed by atoms with E-state index in [-0.39, 0.29) is 11.5 Å². The van der Waals surface area contributed by atoms with E-state index in [0.717, 1.165) is 12.1 Å². The second-order valence-electron chi connectivity index (χ2n) is 5.71. The Balaban J connectivity index is 1.97. The summed E-state index contributed by atoms with van der Waals surface area (Å²) in [7, 11) is -4.52. The molecule has 8 heteroatoms. The minimum Gasteiger partial charge on any atom is -0.224 e. The van der Waals surface area contributed by atoms with Gasteiger partial charge in [0.25, 0.3) is 0 Å². The lowest BCUT2D eigenvalue weighted by atomic mass is 9.88. The molecule has 0 saturated carbocycles. The Kier molecular flexibility index (Phi) is 4.83. The molecule has 3 nitrogen and oxygen atoms in total. The van der Waals surface area contributed by atoms with Crippen molar-refractivity contribution in [2.45, 2.75) is 10.8 Å². The highest BCUT2D eigenvalue weighted by atomic mass is 32.2. The average Bonchev–Trinajstić information content (AvgIpc) is 2.52. The standard InChI is InChI=1S/C18H12F3NO2S2/c19-13-3-1-2-11(6-13)14-5-4-10(9-17(14)25)12-7-15(20)18(16(21)8-12)26(22,23)24/h1-9,14H,(H2,22,23,24). The van der Waals surface area contributed by atoms with Crippen molar-refractivity contribution in [3.63, 3.8) is 0 Å². The summed E-state index contributed by atoms with van der Waals surface area (Å²) in [6, 6.07) is 7.73. The Morgan fingerprint density at radius 2 is 1.69 bits per heavy atom. The van der Waals surface area contributed by atoms with Crippen LogP contribution in [0.25, 0.3) is 5.57 Å². The van der Waals surface area contributed by atoms with Crippen LogP contribution >= 0.6 is 12.2 Å². The maximum absolute atomic E-state index is 14.0. The molecule has 0 saturated heterocycles. The monoisotopic (exact) mass is 395 g/mol. The molecule has 1 aliphatic carbocycles. The summed E-state index contributed by atoms with van der Waals surface area (Å²) >= 11 is 5.33. The number of primary sulfonamides is 1. The van der Waals surface area contributed by atoms with Crippen LogP contribution in [0.1, 0.15) is 17.0 Å². The van der Waals surface area contributed by atoms with Crippen LogP contribution in [0.4, 0.5) is 13.2 Å². The predicted octanol–water partition coefficient (Wildman–Crippen LogP) is 3.86. The first kappa shape index (κ1) is 18.5. The minimum atomic E-state index is -4.52. The molecule has 2 aromatic carbocycles. The number of nitrogens with two attached hydrogens (primary N) is 1. The van der Waals surface area contributed by atoms with E-state index in [0.29, 0.717) is 16.0 Å². The second-order valence-corrected chi connectivity index (χ2v) is 7.68. The summed E-state index contributed by atoms with van der Waals surface area (Å²) in [6.07, 6.45) is 4.82. The zero-order chi connectivity index (χ0) is 19.1. The van der Waals surface area contributed by atoms with E-state index in [1.807, 2.05) is 0 Å². The molecule has 0 amide bonds. The van der Waals surface area contributed by atoms with Crippen LogP contribution in [0.15, 0.2) is 59.5 Å². The fourth-order valence-electron chi connectivity index (χ4n) is 2.74. The van der Waals surface area contributed by atoms with Crippen molar-refractivity contribution in [1.82, 2.24) is 0 Å².